The van der Waals surface area contributed by atoms with Crippen molar-refractivity contribution >= 4 is 0 Å². The van der Waals surface area contributed by atoms with Crippen molar-refractivity contribution in [1.29, 1.82) is 0 Å². The maximum atomic E-state index is 5.24. The number of nitrogens with one attached hydrogen (secondary N) is 1. The van der Waals surface area contributed by atoms with E-state index in [1.165, 1.54) is 31.2 Å². The van der Waals surface area contributed by atoms with Crippen molar-refractivity contribution in [2.75, 3.05) is 27.2 Å². The molecule has 1 N–H and O–H groups in total. The van der Waals surface area contributed by atoms with Crippen LogP contribution in [-0.4, -0.2) is 38.2 Å². The molecule has 3 nitrogen and oxygen atoms in total. The second kappa shape index (κ2) is 6.15. The zero-order valence-electron chi connectivity index (χ0n) is 12.6. The summed E-state index contributed by atoms with van der Waals surface area (Å²) in [7, 11) is 3.97. The molecule has 0 spiro atoms. The zero-order chi connectivity index (χ0) is 13.9. The van der Waals surface area contributed by atoms with Gasteiger partial charge in [0.1, 0.15) is 5.75 Å². The van der Waals surface area contributed by atoms with E-state index in [1.807, 2.05) is 0 Å². The predicted molar refractivity (Wildman–Crippen MR) is 82.1 cm³/mol. The van der Waals surface area contributed by atoms with E-state index in [0.717, 1.165) is 30.8 Å². The number of benzene rings is 1. The van der Waals surface area contributed by atoms with Crippen molar-refractivity contribution in [1.82, 2.24) is 10.2 Å². The molecule has 0 saturated heterocycles. The Morgan fingerprint density at radius 1 is 1.20 bits per heavy atom. The molecule has 1 aromatic rings. The van der Waals surface area contributed by atoms with Crippen LogP contribution in [0.2, 0.25) is 0 Å². The van der Waals surface area contributed by atoms with Gasteiger partial charge in [-0.3, -0.25) is 0 Å². The molecule has 1 unspecified atom stereocenters. The molecule has 0 amide bonds. The van der Waals surface area contributed by atoms with Crippen LogP contribution in [0.4, 0.5) is 0 Å². The van der Waals surface area contributed by atoms with Gasteiger partial charge in [0.2, 0.25) is 0 Å². The maximum absolute atomic E-state index is 5.24. The van der Waals surface area contributed by atoms with Crippen molar-refractivity contribution < 1.29 is 4.74 Å². The average molecular weight is 274 g/mol. The molecule has 1 atom stereocenters. The van der Waals surface area contributed by atoms with Crippen LogP contribution in [-0.2, 0) is 0 Å². The second-order valence-corrected chi connectivity index (χ2v) is 6.25. The molecule has 3 heteroatoms. The van der Waals surface area contributed by atoms with Crippen LogP contribution in [0, 0.1) is 5.92 Å². The highest BCUT2D eigenvalue weighted by Crippen LogP contribution is 2.41. The fourth-order valence-electron chi connectivity index (χ4n) is 2.89. The smallest absolute Gasteiger partial charge is 0.118 e. The third-order valence-electron chi connectivity index (χ3n) is 4.57. The fraction of sp³-hybridized carbons (Fsp3) is 0.647. The average Bonchev–Trinajstić information content (AvgIpc) is 3.35. The van der Waals surface area contributed by atoms with E-state index in [0.29, 0.717) is 6.04 Å². The zero-order valence-corrected chi connectivity index (χ0v) is 12.6. The maximum Gasteiger partial charge on any atom is 0.118 e. The second-order valence-electron chi connectivity index (χ2n) is 6.25. The Balaban J connectivity index is 1.54. The van der Waals surface area contributed by atoms with Crippen LogP contribution in [0.3, 0.4) is 0 Å². The normalized spacial score (nSPS) is 20.1. The van der Waals surface area contributed by atoms with Crippen molar-refractivity contribution in [2.45, 2.75) is 37.8 Å². The van der Waals surface area contributed by atoms with Gasteiger partial charge in [-0.05, 0) is 56.3 Å². The summed E-state index contributed by atoms with van der Waals surface area (Å²) >= 11 is 0. The molecule has 1 aromatic carbocycles. The van der Waals surface area contributed by atoms with E-state index >= 15 is 0 Å². The van der Waals surface area contributed by atoms with E-state index in [2.05, 4.69) is 41.5 Å². The number of hydrogen-bond donors (Lipinski definition) is 1. The van der Waals surface area contributed by atoms with Gasteiger partial charge in [-0.25, -0.2) is 0 Å². The van der Waals surface area contributed by atoms with Crippen molar-refractivity contribution in [3.8, 4) is 5.75 Å². The van der Waals surface area contributed by atoms with Gasteiger partial charge in [0.15, 0.2) is 0 Å². The molecular weight excluding hydrogens is 248 g/mol. The van der Waals surface area contributed by atoms with Crippen LogP contribution >= 0.6 is 0 Å². The SMILES string of the molecule is COc1ccc(C(NCCN(C)C2CC2)C2CC2)cc1. The predicted octanol–water partition coefficient (Wildman–Crippen LogP) is 2.83. The molecule has 2 fully saturated rings. The third-order valence-corrected chi connectivity index (χ3v) is 4.57. The third kappa shape index (κ3) is 3.53. The molecule has 0 bridgehead atoms. The molecule has 2 aliphatic carbocycles. The Hall–Kier alpha value is -1.06. The molecule has 0 radical (unpaired) electrons. The highest BCUT2D eigenvalue weighted by Gasteiger charge is 2.32. The molecular formula is C17H26N2O. The lowest BCUT2D eigenvalue weighted by Gasteiger charge is -2.22. The van der Waals surface area contributed by atoms with Gasteiger partial charge in [-0.2, -0.15) is 0 Å². The Morgan fingerprint density at radius 2 is 1.90 bits per heavy atom. The number of hydrogen-bond acceptors (Lipinski definition) is 3. The first kappa shape index (κ1) is 13.9. The number of ether oxygens (including phenoxy) is 1. The Bertz CT molecular complexity index is 423. The minimum atomic E-state index is 0.522. The summed E-state index contributed by atoms with van der Waals surface area (Å²) in [4.78, 5) is 2.49. The quantitative estimate of drug-likeness (QED) is 0.789. The fourth-order valence-corrected chi connectivity index (χ4v) is 2.89. The number of methoxy groups -OCH3 is 1. The lowest BCUT2D eigenvalue weighted by Crippen LogP contribution is -2.33. The van der Waals surface area contributed by atoms with Gasteiger partial charge in [0.05, 0.1) is 7.11 Å². The summed E-state index contributed by atoms with van der Waals surface area (Å²) < 4.78 is 5.24. The van der Waals surface area contributed by atoms with Crippen molar-refractivity contribution in [2.24, 2.45) is 5.92 Å². The minimum absolute atomic E-state index is 0.522. The largest absolute Gasteiger partial charge is 0.497 e. The van der Waals surface area contributed by atoms with E-state index in [-0.39, 0.29) is 0 Å². The van der Waals surface area contributed by atoms with Gasteiger partial charge in [-0.15, -0.1) is 0 Å². The molecule has 0 heterocycles. The molecule has 2 saturated carbocycles. The summed E-state index contributed by atoms with van der Waals surface area (Å²) in [5, 5.41) is 3.77. The van der Waals surface area contributed by atoms with Crippen molar-refractivity contribution in [3.63, 3.8) is 0 Å². The Morgan fingerprint density at radius 3 is 2.45 bits per heavy atom. The summed E-state index contributed by atoms with van der Waals surface area (Å²) in [6.07, 6.45) is 5.51. The standard InChI is InChI=1S/C17H26N2O/c1-19(15-7-8-15)12-11-18-17(13-3-4-13)14-5-9-16(20-2)10-6-14/h5-6,9-10,13,15,17-18H,3-4,7-8,11-12H2,1-2H3. The first-order valence-corrected chi connectivity index (χ1v) is 7.85. The molecule has 2 aliphatic rings. The van der Waals surface area contributed by atoms with Gasteiger partial charge >= 0.3 is 0 Å². The van der Waals surface area contributed by atoms with Gasteiger partial charge in [0, 0.05) is 25.2 Å². The van der Waals surface area contributed by atoms with Crippen LogP contribution in [0.15, 0.2) is 24.3 Å². The molecule has 110 valence electrons. The van der Waals surface area contributed by atoms with E-state index < -0.39 is 0 Å². The van der Waals surface area contributed by atoms with Gasteiger partial charge < -0.3 is 15.0 Å². The van der Waals surface area contributed by atoms with Gasteiger partial charge in [-0.1, -0.05) is 12.1 Å². The molecule has 0 aliphatic heterocycles. The lowest BCUT2D eigenvalue weighted by atomic mass is 10.0. The van der Waals surface area contributed by atoms with E-state index in [1.54, 1.807) is 7.11 Å². The van der Waals surface area contributed by atoms with Crippen LogP contribution in [0.1, 0.15) is 37.3 Å². The summed E-state index contributed by atoms with van der Waals surface area (Å²) in [6.45, 7) is 2.24. The monoisotopic (exact) mass is 274 g/mol. The number of rotatable bonds is 8. The highest BCUT2D eigenvalue weighted by molar-refractivity contribution is 5.30. The topological polar surface area (TPSA) is 24.5 Å². The van der Waals surface area contributed by atoms with Gasteiger partial charge in [0.25, 0.3) is 0 Å². The molecule has 0 aromatic heterocycles. The number of likely N-dealkylation sites (N-methyl/N-ethyl adjacent to an activating group) is 1. The Kier molecular flexibility index (Phi) is 4.27. The number of nitrogens with zero attached hydrogens (tertiary/aromatic N) is 1. The Labute approximate surface area is 122 Å². The van der Waals surface area contributed by atoms with Crippen molar-refractivity contribution in [3.05, 3.63) is 29.8 Å². The lowest BCUT2D eigenvalue weighted by molar-refractivity contribution is 0.310. The summed E-state index contributed by atoms with van der Waals surface area (Å²) in [5.41, 5.74) is 1.40. The van der Waals surface area contributed by atoms with Crippen LogP contribution in [0.25, 0.3) is 0 Å². The van der Waals surface area contributed by atoms with Crippen LogP contribution < -0.4 is 10.1 Å². The summed E-state index contributed by atoms with van der Waals surface area (Å²) in [6, 6.07) is 9.94. The highest BCUT2D eigenvalue weighted by atomic mass is 16.5. The van der Waals surface area contributed by atoms with E-state index in [4.69, 9.17) is 4.74 Å². The molecule has 20 heavy (non-hydrogen) atoms. The van der Waals surface area contributed by atoms with Crippen LogP contribution in [0.5, 0.6) is 5.75 Å². The summed E-state index contributed by atoms with van der Waals surface area (Å²) in [5.74, 6) is 1.77. The first-order valence-electron chi connectivity index (χ1n) is 7.85. The molecule has 3 rings (SSSR count). The van der Waals surface area contributed by atoms with E-state index in [9.17, 15) is 0 Å². The first-order chi connectivity index (χ1) is 9.78. The minimum Gasteiger partial charge on any atom is -0.497 e.